The summed E-state index contributed by atoms with van der Waals surface area (Å²) in [4.78, 5) is 23.5. The van der Waals surface area contributed by atoms with Gasteiger partial charge in [0.25, 0.3) is 0 Å². The zero-order valence-electron chi connectivity index (χ0n) is 16.1. The van der Waals surface area contributed by atoms with Crippen LogP contribution >= 0.6 is 0 Å². The highest BCUT2D eigenvalue weighted by atomic mass is 32.2. The molecule has 1 amide bonds. The summed E-state index contributed by atoms with van der Waals surface area (Å²) in [5, 5.41) is 13.3. The zero-order valence-corrected chi connectivity index (χ0v) is 16.9. The molecule has 1 unspecified atom stereocenters. The molecule has 0 aliphatic heterocycles. The predicted molar refractivity (Wildman–Crippen MR) is 108 cm³/mol. The van der Waals surface area contributed by atoms with Gasteiger partial charge in [0.05, 0.1) is 4.90 Å². The van der Waals surface area contributed by atoms with Gasteiger partial charge in [0, 0.05) is 17.7 Å². The Morgan fingerprint density at radius 1 is 1.10 bits per heavy atom. The summed E-state index contributed by atoms with van der Waals surface area (Å²) in [6, 6.07) is 11.5. The number of unbranched alkanes of at least 4 members (excludes halogenated alkanes) is 1. The zero-order chi connectivity index (χ0) is 21.2. The van der Waals surface area contributed by atoms with Crippen LogP contribution in [-0.4, -0.2) is 31.1 Å². The number of fused-ring (bicyclic) bond motifs is 3. The van der Waals surface area contributed by atoms with Crippen molar-refractivity contribution in [2.24, 2.45) is 0 Å². The minimum atomic E-state index is -4.26. The largest absolute Gasteiger partial charge is 0.478 e. The van der Waals surface area contributed by atoms with Crippen LogP contribution < -0.4 is 10.0 Å². The Hall–Kier alpha value is -2.91. The molecule has 3 rings (SSSR count). The smallest absolute Gasteiger partial charge is 0.345 e. The van der Waals surface area contributed by atoms with Crippen molar-refractivity contribution in [1.29, 1.82) is 0 Å². The third kappa shape index (κ3) is 4.10. The van der Waals surface area contributed by atoms with Gasteiger partial charge in [0.1, 0.15) is 11.2 Å². The van der Waals surface area contributed by atoms with Crippen LogP contribution in [-0.2, 0) is 19.6 Å². The number of amides is 1. The lowest BCUT2D eigenvalue weighted by atomic mass is 10.0. The first-order chi connectivity index (χ1) is 13.7. The van der Waals surface area contributed by atoms with Crippen LogP contribution in [0.5, 0.6) is 0 Å². The molecule has 0 aliphatic rings. The van der Waals surface area contributed by atoms with Crippen LogP contribution in [0.1, 0.15) is 33.1 Å². The Morgan fingerprint density at radius 3 is 2.45 bits per heavy atom. The molecule has 0 saturated carbocycles. The van der Waals surface area contributed by atoms with Crippen molar-refractivity contribution in [3.63, 3.8) is 0 Å². The summed E-state index contributed by atoms with van der Waals surface area (Å²) in [7, 11) is -4.26. The second-order valence-electron chi connectivity index (χ2n) is 6.86. The van der Waals surface area contributed by atoms with Crippen molar-refractivity contribution in [3.8, 4) is 0 Å². The number of rotatable bonds is 8. The average Bonchev–Trinajstić information content (AvgIpc) is 3.03. The van der Waals surface area contributed by atoms with Gasteiger partial charge in [0.15, 0.2) is 0 Å². The lowest BCUT2D eigenvalue weighted by Gasteiger charge is -2.30. The third-order valence-corrected chi connectivity index (χ3v) is 6.12. The molecule has 0 saturated heterocycles. The maximum atomic E-state index is 13.0. The number of sulfonamides is 1. The average molecular weight is 418 g/mol. The molecule has 1 atom stereocenters. The lowest BCUT2D eigenvalue weighted by Crippen LogP contribution is -2.65. The summed E-state index contributed by atoms with van der Waals surface area (Å²) < 4.78 is 34.0. The van der Waals surface area contributed by atoms with Crippen LogP contribution in [0.25, 0.3) is 21.9 Å². The normalized spacial score (nSPS) is 14.0. The molecular formula is C20H22N2O6S. The van der Waals surface area contributed by atoms with E-state index in [4.69, 9.17) is 4.42 Å². The predicted octanol–water partition coefficient (Wildman–Crippen LogP) is 2.97. The standard InChI is InChI=1S/C20H22N2O6S/c1-3-4-11-20(19(24)25,21-13(2)23)22-29(26,27)14-9-10-18-16(12-14)15-7-5-6-8-17(15)28-18/h5-10,12,22H,3-4,11H2,1-2H3,(H,21,23)(H,24,25). The number of carboxylic acids is 1. The second-order valence-corrected chi connectivity index (χ2v) is 8.54. The van der Waals surface area contributed by atoms with Gasteiger partial charge < -0.3 is 14.8 Å². The number of aliphatic carboxylic acids is 1. The summed E-state index contributed by atoms with van der Waals surface area (Å²) in [5.41, 5.74) is -0.998. The molecule has 0 spiro atoms. The topological polar surface area (TPSA) is 126 Å². The van der Waals surface area contributed by atoms with Crippen LogP contribution in [0.15, 0.2) is 51.8 Å². The van der Waals surface area contributed by atoms with Gasteiger partial charge in [-0.15, -0.1) is 0 Å². The first-order valence-electron chi connectivity index (χ1n) is 9.16. The first-order valence-corrected chi connectivity index (χ1v) is 10.6. The number of carbonyl (C=O) groups excluding carboxylic acids is 1. The van der Waals surface area contributed by atoms with E-state index < -0.39 is 27.6 Å². The minimum Gasteiger partial charge on any atom is -0.478 e. The summed E-state index contributed by atoms with van der Waals surface area (Å²) in [6.45, 7) is 2.98. The monoisotopic (exact) mass is 418 g/mol. The molecule has 29 heavy (non-hydrogen) atoms. The van der Waals surface area contributed by atoms with Crippen LogP contribution in [0.2, 0.25) is 0 Å². The summed E-state index contributed by atoms with van der Waals surface area (Å²) >= 11 is 0. The van der Waals surface area contributed by atoms with Gasteiger partial charge in [0.2, 0.25) is 21.6 Å². The van der Waals surface area contributed by atoms with E-state index in [0.29, 0.717) is 29.4 Å². The fourth-order valence-corrected chi connectivity index (χ4v) is 4.58. The number of para-hydroxylation sites is 1. The molecule has 1 aromatic heterocycles. The van der Waals surface area contributed by atoms with Crippen LogP contribution in [0.3, 0.4) is 0 Å². The summed E-state index contributed by atoms with van der Waals surface area (Å²) in [5.74, 6) is -2.12. The van der Waals surface area contributed by atoms with Gasteiger partial charge in [-0.3, -0.25) is 4.79 Å². The Morgan fingerprint density at radius 2 is 1.79 bits per heavy atom. The quantitative estimate of drug-likeness (QED) is 0.483. The number of hydrogen-bond acceptors (Lipinski definition) is 5. The number of carbonyl (C=O) groups is 2. The SMILES string of the molecule is CCCCC(NC(C)=O)(NS(=O)(=O)c1ccc2oc3ccccc3c2c1)C(=O)O. The van der Waals surface area contributed by atoms with Gasteiger partial charge >= 0.3 is 5.97 Å². The maximum Gasteiger partial charge on any atom is 0.345 e. The van der Waals surface area contributed by atoms with Crippen molar-refractivity contribution in [1.82, 2.24) is 10.0 Å². The van der Waals surface area contributed by atoms with E-state index in [1.165, 1.54) is 18.2 Å². The molecule has 0 bridgehead atoms. The van der Waals surface area contributed by atoms with E-state index in [9.17, 15) is 23.1 Å². The molecule has 0 fully saturated rings. The Balaban J connectivity index is 2.06. The van der Waals surface area contributed by atoms with E-state index in [2.05, 4.69) is 10.0 Å². The number of carboxylic acid groups (broad SMARTS) is 1. The minimum absolute atomic E-state index is 0.0888. The molecular weight excluding hydrogens is 396 g/mol. The number of furan rings is 1. The van der Waals surface area contributed by atoms with E-state index in [1.807, 2.05) is 25.1 Å². The van der Waals surface area contributed by atoms with Crippen LogP contribution in [0.4, 0.5) is 0 Å². The third-order valence-electron chi connectivity index (χ3n) is 4.63. The number of benzene rings is 2. The van der Waals surface area contributed by atoms with Crippen molar-refractivity contribution < 1.29 is 27.5 Å². The van der Waals surface area contributed by atoms with Crippen LogP contribution in [0, 0.1) is 0 Å². The molecule has 3 aromatic rings. The van der Waals surface area contributed by atoms with Gasteiger partial charge in [-0.25, -0.2) is 13.2 Å². The Bertz CT molecular complexity index is 1180. The van der Waals surface area contributed by atoms with Crippen molar-refractivity contribution in [3.05, 3.63) is 42.5 Å². The Kier molecular flexibility index (Phi) is 5.63. The van der Waals surface area contributed by atoms with Gasteiger partial charge in [-0.2, -0.15) is 4.72 Å². The number of nitrogens with one attached hydrogen (secondary N) is 2. The molecule has 3 N–H and O–H groups in total. The van der Waals surface area contributed by atoms with E-state index in [1.54, 1.807) is 6.07 Å². The highest BCUT2D eigenvalue weighted by molar-refractivity contribution is 7.89. The number of hydrogen-bond donors (Lipinski definition) is 3. The maximum absolute atomic E-state index is 13.0. The van der Waals surface area contributed by atoms with Gasteiger partial charge in [-0.1, -0.05) is 31.5 Å². The van der Waals surface area contributed by atoms with E-state index >= 15 is 0 Å². The van der Waals surface area contributed by atoms with Crippen molar-refractivity contribution in [2.75, 3.05) is 0 Å². The lowest BCUT2D eigenvalue weighted by molar-refractivity contribution is -0.148. The molecule has 1 heterocycles. The first kappa shape index (κ1) is 20.8. The molecule has 9 heteroatoms. The summed E-state index contributed by atoms with van der Waals surface area (Å²) in [6.07, 6.45) is 0.943. The molecule has 0 radical (unpaired) electrons. The highest BCUT2D eigenvalue weighted by Crippen LogP contribution is 2.30. The Labute approximate surface area is 167 Å². The molecule has 2 aromatic carbocycles. The molecule has 0 aliphatic carbocycles. The van der Waals surface area contributed by atoms with E-state index in [0.717, 1.165) is 12.3 Å². The highest BCUT2D eigenvalue weighted by Gasteiger charge is 2.43. The fourth-order valence-electron chi connectivity index (χ4n) is 3.25. The second kappa shape index (κ2) is 7.84. The molecule has 154 valence electrons. The molecule has 8 nitrogen and oxygen atoms in total. The van der Waals surface area contributed by atoms with Crippen molar-refractivity contribution >= 4 is 43.8 Å². The van der Waals surface area contributed by atoms with E-state index in [-0.39, 0.29) is 11.3 Å². The fraction of sp³-hybridized carbons (Fsp3) is 0.300. The van der Waals surface area contributed by atoms with Crippen molar-refractivity contribution in [2.45, 2.75) is 43.7 Å². The van der Waals surface area contributed by atoms with Gasteiger partial charge in [-0.05, 0) is 37.1 Å².